The van der Waals surface area contributed by atoms with Crippen molar-refractivity contribution in [1.29, 1.82) is 5.41 Å². The van der Waals surface area contributed by atoms with E-state index < -0.39 is 0 Å². The molecule has 3 nitrogen and oxygen atoms in total. The van der Waals surface area contributed by atoms with Gasteiger partial charge >= 0.3 is 0 Å². The van der Waals surface area contributed by atoms with Crippen LogP contribution in [0.1, 0.15) is 31.9 Å². The van der Waals surface area contributed by atoms with Gasteiger partial charge < -0.3 is 10.5 Å². The highest BCUT2D eigenvalue weighted by atomic mass is 35.5. The van der Waals surface area contributed by atoms with Gasteiger partial charge in [-0.3, -0.25) is 5.41 Å². The fourth-order valence-corrected chi connectivity index (χ4v) is 1.08. The Kier molecular flexibility index (Phi) is 5.48. The van der Waals surface area contributed by atoms with Gasteiger partial charge in [-0.15, -0.1) is 12.4 Å². The monoisotopic (exact) mass is 242 g/mol. The molecule has 0 bridgehead atoms. The van der Waals surface area contributed by atoms with Gasteiger partial charge in [-0.2, -0.15) is 0 Å². The third kappa shape index (κ3) is 5.14. The highest BCUT2D eigenvalue weighted by Crippen LogP contribution is 2.12. The van der Waals surface area contributed by atoms with Gasteiger partial charge in [0, 0.05) is 5.56 Å². The van der Waals surface area contributed by atoms with Crippen LogP contribution in [-0.4, -0.2) is 11.4 Å². The van der Waals surface area contributed by atoms with Crippen molar-refractivity contribution in [2.75, 3.05) is 0 Å². The number of hydrogen-bond acceptors (Lipinski definition) is 2. The minimum Gasteiger partial charge on any atom is -0.384 e. The maximum absolute atomic E-state index is 7.25. The smallest absolute Gasteiger partial charge is 0.122 e. The molecule has 0 unspecified atom stereocenters. The molecule has 0 fully saturated rings. The molecule has 0 radical (unpaired) electrons. The Balaban J connectivity index is 0.00000225. The average Bonchev–Trinajstić information content (AvgIpc) is 2.14. The Morgan fingerprint density at radius 3 is 2.12 bits per heavy atom. The van der Waals surface area contributed by atoms with E-state index in [2.05, 4.69) is 0 Å². The van der Waals surface area contributed by atoms with Crippen molar-refractivity contribution in [3.63, 3.8) is 0 Å². The summed E-state index contributed by atoms with van der Waals surface area (Å²) < 4.78 is 5.63. The van der Waals surface area contributed by atoms with E-state index in [1.165, 1.54) is 0 Å². The second-order valence-corrected chi connectivity index (χ2v) is 4.51. The van der Waals surface area contributed by atoms with E-state index in [-0.39, 0.29) is 23.8 Å². The van der Waals surface area contributed by atoms with E-state index in [0.29, 0.717) is 6.61 Å². The molecule has 0 aromatic heterocycles. The normalized spacial score (nSPS) is 10.7. The van der Waals surface area contributed by atoms with E-state index in [4.69, 9.17) is 15.9 Å². The Hall–Kier alpha value is -1.06. The molecule has 16 heavy (non-hydrogen) atoms. The first kappa shape index (κ1) is 14.9. The summed E-state index contributed by atoms with van der Waals surface area (Å²) in [5.74, 6) is 0.0956. The summed E-state index contributed by atoms with van der Waals surface area (Å²) in [5, 5.41) is 7.25. The van der Waals surface area contributed by atoms with Crippen LogP contribution in [0.4, 0.5) is 0 Å². The highest BCUT2D eigenvalue weighted by molar-refractivity contribution is 5.94. The van der Waals surface area contributed by atoms with Crippen molar-refractivity contribution < 1.29 is 4.74 Å². The quantitative estimate of drug-likeness (QED) is 0.633. The molecule has 4 heteroatoms. The molecule has 3 N–H and O–H groups in total. The minimum absolute atomic E-state index is 0. The number of rotatable bonds is 3. The van der Waals surface area contributed by atoms with Crippen LogP contribution in [-0.2, 0) is 11.3 Å². The summed E-state index contributed by atoms with van der Waals surface area (Å²) in [7, 11) is 0. The molecule has 0 spiro atoms. The van der Waals surface area contributed by atoms with Gasteiger partial charge in [-0.25, -0.2) is 0 Å². The van der Waals surface area contributed by atoms with Crippen LogP contribution in [0.15, 0.2) is 24.3 Å². The molecule has 0 amide bonds. The summed E-state index contributed by atoms with van der Waals surface area (Å²) in [6.07, 6.45) is 0. The molecule has 0 atom stereocenters. The molecule has 90 valence electrons. The minimum atomic E-state index is -0.126. The van der Waals surface area contributed by atoms with Crippen molar-refractivity contribution >= 4 is 18.2 Å². The molecule has 1 aromatic rings. The van der Waals surface area contributed by atoms with Crippen molar-refractivity contribution in [3.8, 4) is 0 Å². The summed E-state index contributed by atoms with van der Waals surface area (Å²) in [4.78, 5) is 0. The molecule has 0 saturated heterocycles. The van der Waals surface area contributed by atoms with Gasteiger partial charge in [0.2, 0.25) is 0 Å². The number of nitrogens with one attached hydrogen (secondary N) is 1. The Morgan fingerprint density at radius 2 is 1.75 bits per heavy atom. The van der Waals surface area contributed by atoms with Crippen LogP contribution in [0.25, 0.3) is 0 Å². The fraction of sp³-hybridized carbons (Fsp3) is 0.417. The molecule has 1 rings (SSSR count). The zero-order chi connectivity index (χ0) is 11.5. The first-order valence-corrected chi connectivity index (χ1v) is 4.96. The van der Waals surface area contributed by atoms with Crippen LogP contribution >= 0.6 is 12.4 Å². The van der Waals surface area contributed by atoms with E-state index in [9.17, 15) is 0 Å². The molecule has 0 saturated carbocycles. The lowest BCUT2D eigenvalue weighted by atomic mass is 10.1. The maximum atomic E-state index is 7.25. The Bertz CT molecular complexity index is 341. The van der Waals surface area contributed by atoms with Crippen molar-refractivity contribution in [2.45, 2.75) is 33.0 Å². The number of hydrogen-bond donors (Lipinski definition) is 2. The van der Waals surface area contributed by atoms with Gasteiger partial charge in [0.1, 0.15) is 5.84 Å². The molecule has 0 aliphatic carbocycles. The Labute approximate surface area is 103 Å². The summed E-state index contributed by atoms with van der Waals surface area (Å²) >= 11 is 0. The lowest BCUT2D eigenvalue weighted by molar-refractivity contribution is -0.0149. The van der Waals surface area contributed by atoms with Crippen molar-refractivity contribution in [1.82, 2.24) is 0 Å². The average molecular weight is 243 g/mol. The molecule has 0 heterocycles. The third-order valence-corrected chi connectivity index (χ3v) is 1.94. The number of benzene rings is 1. The SMILES string of the molecule is CC(C)(C)OCc1ccc(C(=N)N)cc1.Cl. The van der Waals surface area contributed by atoms with E-state index in [1.807, 2.05) is 45.0 Å². The summed E-state index contributed by atoms with van der Waals surface area (Å²) in [6.45, 7) is 6.66. The second-order valence-electron chi connectivity index (χ2n) is 4.51. The third-order valence-electron chi connectivity index (χ3n) is 1.94. The second kappa shape index (κ2) is 5.87. The molecule has 0 aliphatic heterocycles. The lowest BCUT2D eigenvalue weighted by Gasteiger charge is -2.19. The summed E-state index contributed by atoms with van der Waals surface area (Å²) in [5.41, 5.74) is 7.07. The Morgan fingerprint density at radius 1 is 1.25 bits per heavy atom. The highest BCUT2D eigenvalue weighted by Gasteiger charge is 2.09. The molecular formula is C12H19ClN2O. The standard InChI is InChI=1S/C12H18N2O.ClH/c1-12(2,3)15-8-9-4-6-10(7-5-9)11(13)14;/h4-7H,8H2,1-3H3,(H3,13,14);1H. The fourth-order valence-electron chi connectivity index (χ4n) is 1.08. The van der Waals surface area contributed by atoms with Crippen LogP contribution in [0.3, 0.4) is 0 Å². The van der Waals surface area contributed by atoms with E-state index >= 15 is 0 Å². The van der Waals surface area contributed by atoms with Crippen molar-refractivity contribution in [2.24, 2.45) is 5.73 Å². The van der Waals surface area contributed by atoms with Gasteiger partial charge in [0.25, 0.3) is 0 Å². The van der Waals surface area contributed by atoms with Crippen molar-refractivity contribution in [3.05, 3.63) is 35.4 Å². The largest absolute Gasteiger partial charge is 0.384 e. The number of amidine groups is 1. The zero-order valence-corrected chi connectivity index (χ0v) is 10.7. The molecular weight excluding hydrogens is 224 g/mol. The topological polar surface area (TPSA) is 59.1 Å². The predicted molar refractivity (Wildman–Crippen MR) is 69.2 cm³/mol. The van der Waals surface area contributed by atoms with E-state index in [0.717, 1.165) is 11.1 Å². The van der Waals surface area contributed by atoms with Crippen LogP contribution < -0.4 is 5.73 Å². The predicted octanol–water partition coefficient (Wildman–Crippen LogP) is 2.71. The number of halogens is 1. The number of nitrogen functional groups attached to an aromatic ring is 1. The van der Waals surface area contributed by atoms with Crippen LogP contribution in [0.2, 0.25) is 0 Å². The van der Waals surface area contributed by atoms with E-state index in [1.54, 1.807) is 0 Å². The maximum Gasteiger partial charge on any atom is 0.122 e. The van der Waals surface area contributed by atoms with Crippen LogP contribution in [0, 0.1) is 5.41 Å². The first-order valence-electron chi connectivity index (χ1n) is 4.96. The summed E-state index contributed by atoms with van der Waals surface area (Å²) in [6, 6.07) is 7.54. The first-order chi connectivity index (χ1) is 6.88. The van der Waals surface area contributed by atoms with Gasteiger partial charge in [0.05, 0.1) is 12.2 Å². The van der Waals surface area contributed by atoms with Gasteiger partial charge in [-0.1, -0.05) is 24.3 Å². The zero-order valence-electron chi connectivity index (χ0n) is 9.91. The van der Waals surface area contributed by atoms with Crippen LogP contribution in [0.5, 0.6) is 0 Å². The molecule has 0 aliphatic rings. The molecule has 1 aromatic carbocycles. The van der Waals surface area contributed by atoms with Gasteiger partial charge in [-0.05, 0) is 26.3 Å². The number of ether oxygens (including phenoxy) is 1. The van der Waals surface area contributed by atoms with Gasteiger partial charge in [0.15, 0.2) is 0 Å². The number of nitrogens with two attached hydrogens (primary N) is 1. The lowest BCUT2D eigenvalue weighted by Crippen LogP contribution is -2.18.